The molecule has 0 spiro atoms. The first-order chi connectivity index (χ1) is 9.69. The molecule has 0 amide bonds. The molecule has 0 saturated heterocycles. The number of rotatable bonds is 4. The van der Waals surface area contributed by atoms with Crippen LogP contribution in [0.4, 0.5) is 13.2 Å². The third-order valence-corrected chi connectivity index (χ3v) is 5.35. The number of benzene rings is 1. The van der Waals surface area contributed by atoms with Crippen LogP contribution >= 0.6 is 12.4 Å². The van der Waals surface area contributed by atoms with Crippen molar-refractivity contribution in [2.24, 2.45) is 5.73 Å². The molecular formula is C13H18ClF3N2O2S. The van der Waals surface area contributed by atoms with Crippen LogP contribution in [0.2, 0.25) is 0 Å². The molecule has 0 unspecified atom stereocenters. The van der Waals surface area contributed by atoms with Gasteiger partial charge in [0.1, 0.15) is 0 Å². The number of hydrogen-bond donors (Lipinski definition) is 2. The van der Waals surface area contributed by atoms with E-state index in [9.17, 15) is 21.6 Å². The van der Waals surface area contributed by atoms with E-state index >= 15 is 0 Å². The summed E-state index contributed by atoms with van der Waals surface area (Å²) in [5.74, 6) is 0. The average Bonchev–Trinajstić information content (AvgIpc) is 2.86. The Morgan fingerprint density at radius 2 is 1.82 bits per heavy atom. The van der Waals surface area contributed by atoms with E-state index in [1.165, 1.54) is 0 Å². The van der Waals surface area contributed by atoms with Gasteiger partial charge in [-0.2, -0.15) is 13.2 Å². The zero-order valence-electron chi connectivity index (χ0n) is 11.7. The Morgan fingerprint density at radius 1 is 1.23 bits per heavy atom. The summed E-state index contributed by atoms with van der Waals surface area (Å²) in [6.45, 7) is 0.130. The van der Waals surface area contributed by atoms with E-state index in [4.69, 9.17) is 5.73 Å². The summed E-state index contributed by atoms with van der Waals surface area (Å²) in [6, 6.07) is 3.71. The molecule has 4 nitrogen and oxygen atoms in total. The minimum atomic E-state index is -4.58. The van der Waals surface area contributed by atoms with E-state index < -0.39 is 32.2 Å². The van der Waals surface area contributed by atoms with Gasteiger partial charge in [-0.1, -0.05) is 18.9 Å². The van der Waals surface area contributed by atoms with Crippen molar-refractivity contribution in [3.8, 4) is 0 Å². The molecule has 9 heteroatoms. The summed E-state index contributed by atoms with van der Waals surface area (Å²) in [5, 5.41) is 0. The molecule has 22 heavy (non-hydrogen) atoms. The van der Waals surface area contributed by atoms with Crippen molar-refractivity contribution in [3.63, 3.8) is 0 Å². The quantitative estimate of drug-likeness (QED) is 0.869. The van der Waals surface area contributed by atoms with Crippen molar-refractivity contribution in [2.45, 2.75) is 42.3 Å². The molecule has 1 aliphatic carbocycles. The van der Waals surface area contributed by atoms with Crippen LogP contribution in [0.25, 0.3) is 0 Å². The SMILES string of the molecule is Cl.NCC1(NS(=O)(=O)c2cccc(C(F)(F)F)c2)CCCC1. The van der Waals surface area contributed by atoms with Crippen LogP contribution < -0.4 is 10.5 Å². The van der Waals surface area contributed by atoms with E-state index in [-0.39, 0.29) is 19.0 Å². The molecular weight excluding hydrogens is 341 g/mol. The molecule has 126 valence electrons. The first kappa shape index (κ1) is 19.2. The van der Waals surface area contributed by atoms with Gasteiger partial charge >= 0.3 is 6.18 Å². The Bertz CT molecular complexity index is 614. The lowest BCUT2D eigenvalue weighted by Crippen LogP contribution is -2.51. The number of nitrogens with one attached hydrogen (secondary N) is 1. The standard InChI is InChI=1S/C13H17F3N2O2S.ClH/c14-13(15,16)10-4-3-5-11(8-10)21(19,20)18-12(9-17)6-1-2-7-12;/h3-5,8,18H,1-2,6-7,9,17H2;1H. The maximum absolute atomic E-state index is 12.7. The van der Waals surface area contributed by atoms with E-state index in [0.29, 0.717) is 18.9 Å². The molecule has 0 aliphatic heterocycles. The number of alkyl halides is 3. The number of sulfonamides is 1. The fourth-order valence-corrected chi connectivity index (χ4v) is 4.10. The minimum Gasteiger partial charge on any atom is -0.329 e. The molecule has 0 atom stereocenters. The Hall–Kier alpha value is -0.830. The highest BCUT2D eigenvalue weighted by molar-refractivity contribution is 7.89. The van der Waals surface area contributed by atoms with Gasteiger partial charge in [0.25, 0.3) is 0 Å². The van der Waals surface area contributed by atoms with Crippen LogP contribution in [-0.2, 0) is 16.2 Å². The first-order valence-corrected chi connectivity index (χ1v) is 8.08. The Balaban J connectivity index is 0.00000242. The van der Waals surface area contributed by atoms with Crippen LogP contribution in [0.3, 0.4) is 0 Å². The third kappa shape index (κ3) is 4.13. The predicted octanol–water partition coefficient (Wildman–Crippen LogP) is 2.68. The van der Waals surface area contributed by atoms with E-state index in [1.54, 1.807) is 0 Å². The lowest BCUT2D eigenvalue weighted by atomic mass is 10.0. The zero-order chi connectivity index (χ0) is 15.7. The van der Waals surface area contributed by atoms with Gasteiger partial charge in [0.05, 0.1) is 10.5 Å². The van der Waals surface area contributed by atoms with Gasteiger partial charge in [-0.3, -0.25) is 0 Å². The number of halogens is 4. The van der Waals surface area contributed by atoms with Crippen LogP contribution in [0, 0.1) is 0 Å². The predicted molar refractivity (Wildman–Crippen MR) is 79.3 cm³/mol. The molecule has 2 rings (SSSR count). The van der Waals surface area contributed by atoms with E-state index in [2.05, 4.69) is 4.72 Å². The van der Waals surface area contributed by atoms with E-state index in [1.807, 2.05) is 0 Å². The minimum absolute atomic E-state index is 0. The summed E-state index contributed by atoms with van der Waals surface area (Å²) < 4.78 is 65.1. The maximum atomic E-state index is 12.7. The fourth-order valence-electron chi connectivity index (χ4n) is 2.58. The molecule has 0 aromatic heterocycles. The molecule has 1 saturated carbocycles. The van der Waals surface area contributed by atoms with Gasteiger partial charge in [-0.05, 0) is 31.0 Å². The summed E-state index contributed by atoms with van der Waals surface area (Å²) in [4.78, 5) is -0.392. The van der Waals surface area contributed by atoms with Crippen molar-refractivity contribution in [1.29, 1.82) is 0 Å². The van der Waals surface area contributed by atoms with Crippen molar-refractivity contribution in [1.82, 2.24) is 4.72 Å². The van der Waals surface area contributed by atoms with Crippen LogP contribution in [-0.4, -0.2) is 20.5 Å². The van der Waals surface area contributed by atoms with Gasteiger partial charge in [0.15, 0.2) is 0 Å². The van der Waals surface area contributed by atoms with Crippen molar-refractivity contribution in [2.75, 3.05) is 6.54 Å². The molecule has 3 N–H and O–H groups in total. The van der Waals surface area contributed by atoms with Gasteiger partial charge in [0.2, 0.25) is 10.0 Å². The second-order valence-electron chi connectivity index (χ2n) is 5.32. The lowest BCUT2D eigenvalue weighted by Gasteiger charge is -2.28. The van der Waals surface area contributed by atoms with Gasteiger partial charge in [-0.15, -0.1) is 12.4 Å². The van der Waals surface area contributed by atoms with Crippen LogP contribution in [0.1, 0.15) is 31.2 Å². The smallest absolute Gasteiger partial charge is 0.329 e. The molecule has 1 aromatic rings. The Kier molecular flexibility index (Phi) is 5.88. The monoisotopic (exact) mass is 358 g/mol. The second-order valence-corrected chi connectivity index (χ2v) is 7.01. The molecule has 0 radical (unpaired) electrons. The molecule has 1 aromatic carbocycles. The van der Waals surface area contributed by atoms with Gasteiger partial charge in [-0.25, -0.2) is 13.1 Å². The molecule has 1 fully saturated rings. The molecule has 0 bridgehead atoms. The van der Waals surface area contributed by atoms with Gasteiger partial charge in [0, 0.05) is 12.1 Å². The van der Waals surface area contributed by atoms with E-state index in [0.717, 1.165) is 31.0 Å². The molecule has 1 aliphatic rings. The summed E-state index contributed by atoms with van der Waals surface area (Å²) in [6.07, 6.45) is -1.68. The van der Waals surface area contributed by atoms with Gasteiger partial charge < -0.3 is 5.73 Å². The fraction of sp³-hybridized carbons (Fsp3) is 0.538. The normalized spacial score (nSPS) is 18.0. The summed E-state index contributed by atoms with van der Waals surface area (Å²) in [5.41, 5.74) is 3.92. The zero-order valence-corrected chi connectivity index (χ0v) is 13.3. The highest BCUT2D eigenvalue weighted by Gasteiger charge is 2.37. The number of nitrogens with two attached hydrogens (primary N) is 1. The summed E-state index contributed by atoms with van der Waals surface area (Å²) in [7, 11) is -4.03. The lowest BCUT2D eigenvalue weighted by molar-refractivity contribution is -0.137. The topological polar surface area (TPSA) is 72.2 Å². The van der Waals surface area contributed by atoms with Crippen molar-refractivity contribution < 1.29 is 21.6 Å². The largest absolute Gasteiger partial charge is 0.416 e. The first-order valence-electron chi connectivity index (χ1n) is 6.60. The maximum Gasteiger partial charge on any atom is 0.416 e. The summed E-state index contributed by atoms with van der Waals surface area (Å²) >= 11 is 0. The number of hydrogen-bond acceptors (Lipinski definition) is 3. The third-order valence-electron chi connectivity index (χ3n) is 3.77. The Morgan fingerprint density at radius 3 is 2.32 bits per heavy atom. The Labute approximate surface area is 133 Å². The highest BCUT2D eigenvalue weighted by Crippen LogP contribution is 2.33. The van der Waals surface area contributed by atoms with Crippen LogP contribution in [0.5, 0.6) is 0 Å². The molecule has 0 heterocycles. The second kappa shape index (κ2) is 6.74. The average molecular weight is 359 g/mol. The van der Waals surface area contributed by atoms with Crippen molar-refractivity contribution >= 4 is 22.4 Å². The van der Waals surface area contributed by atoms with Crippen LogP contribution in [0.15, 0.2) is 29.2 Å². The highest BCUT2D eigenvalue weighted by atomic mass is 35.5. The van der Waals surface area contributed by atoms with Crippen molar-refractivity contribution in [3.05, 3.63) is 29.8 Å².